The second-order valence-electron chi connectivity index (χ2n) is 11.2. The number of nitriles is 1. The molecule has 0 unspecified atom stereocenters. The van der Waals surface area contributed by atoms with Gasteiger partial charge in [-0.15, -0.1) is 11.3 Å². The molecule has 9 rings (SSSR count). The van der Waals surface area contributed by atoms with Crippen LogP contribution in [0.2, 0.25) is 0 Å². The van der Waals surface area contributed by atoms with Crippen LogP contribution in [0.25, 0.3) is 81.8 Å². The van der Waals surface area contributed by atoms with Gasteiger partial charge in [0.15, 0.2) is 17.5 Å². The van der Waals surface area contributed by atoms with Crippen molar-refractivity contribution in [1.82, 2.24) is 19.5 Å². The van der Waals surface area contributed by atoms with Crippen molar-refractivity contribution in [3.8, 4) is 45.9 Å². The summed E-state index contributed by atoms with van der Waals surface area (Å²) in [6.07, 6.45) is 0. The molecule has 5 nitrogen and oxygen atoms in total. The molecular weight excluding hydrogens is 583 g/mol. The highest BCUT2D eigenvalue weighted by Crippen LogP contribution is 2.40. The molecule has 46 heavy (non-hydrogen) atoms. The van der Waals surface area contributed by atoms with E-state index in [9.17, 15) is 5.26 Å². The summed E-state index contributed by atoms with van der Waals surface area (Å²) in [4.78, 5) is 14.8. The summed E-state index contributed by atoms with van der Waals surface area (Å²) in [7, 11) is 0. The van der Waals surface area contributed by atoms with Crippen molar-refractivity contribution < 1.29 is 0 Å². The zero-order valence-corrected chi connectivity index (χ0v) is 25.2. The number of hydrogen-bond donors (Lipinski definition) is 0. The van der Waals surface area contributed by atoms with Gasteiger partial charge in [-0.3, -0.25) is 0 Å². The molecule has 0 aliphatic rings. The van der Waals surface area contributed by atoms with Crippen LogP contribution in [-0.4, -0.2) is 19.5 Å². The first kappa shape index (κ1) is 26.3. The Labute approximate surface area is 268 Å². The van der Waals surface area contributed by atoms with Gasteiger partial charge in [-0.1, -0.05) is 78.9 Å². The summed E-state index contributed by atoms with van der Waals surface area (Å²) in [5.74, 6) is 1.74. The molecule has 0 N–H and O–H groups in total. The van der Waals surface area contributed by atoms with E-state index < -0.39 is 0 Å². The number of aromatic nitrogens is 4. The Balaban J connectivity index is 1.26. The highest BCUT2D eigenvalue weighted by molar-refractivity contribution is 7.25. The minimum Gasteiger partial charge on any atom is -0.309 e. The van der Waals surface area contributed by atoms with Crippen LogP contribution in [0.15, 0.2) is 140 Å². The predicted octanol–water partition coefficient (Wildman–Crippen LogP) is 10.2. The van der Waals surface area contributed by atoms with Gasteiger partial charge in [0.2, 0.25) is 0 Å². The molecule has 0 aliphatic carbocycles. The topological polar surface area (TPSA) is 67.4 Å². The molecular formula is C40H23N5S. The summed E-state index contributed by atoms with van der Waals surface area (Å²) < 4.78 is 4.94. The van der Waals surface area contributed by atoms with Crippen molar-refractivity contribution in [3.63, 3.8) is 0 Å². The van der Waals surface area contributed by atoms with Crippen LogP contribution in [0.5, 0.6) is 0 Å². The summed E-state index contributed by atoms with van der Waals surface area (Å²) in [5.41, 5.74) is 6.55. The Hall–Kier alpha value is -6.16. The van der Waals surface area contributed by atoms with Crippen molar-refractivity contribution in [3.05, 3.63) is 145 Å². The van der Waals surface area contributed by atoms with Crippen LogP contribution < -0.4 is 0 Å². The van der Waals surface area contributed by atoms with Gasteiger partial charge in [-0.05, 0) is 60.7 Å². The highest BCUT2D eigenvalue weighted by atomic mass is 32.1. The minimum atomic E-state index is 0.558. The third kappa shape index (κ3) is 4.26. The second kappa shape index (κ2) is 10.5. The average Bonchev–Trinajstić information content (AvgIpc) is 3.65. The minimum absolute atomic E-state index is 0.558. The fourth-order valence-corrected chi connectivity index (χ4v) is 7.42. The molecule has 0 saturated heterocycles. The molecule has 6 aromatic carbocycles. The Morgan fingerprint density at radius 1 is 0.478 bits per heavy atom. The Kier molecular flexibility index (Phi) is 5.98. The van der Waals surface area contributed by atoms with Crippen LogP contribution in [0.4, 0.5) is 0 Å². The molecule has 6 heteroatoms. The van der Waals surface area contributed by atoms with E-state index in [1.165, 1.54) is 30.9 Å². The van der Waals surface area contributed by atoms with E-state index >= 15 is 0 Å². The quantitative estimate of drug-likeness (QED) is 0.200. The van der Waals surface area contributed by atoms with Crippen LogP contribution in [-0.2, 0) is 0 Å². The van der Waals surface area contributed by atoms with E-state index in [4.69, 9.17) is 15.0 Å². The number of fused-ring (bicyclic) bond motifs is 6. The third-order valence-corrected chi connectivity index (χ3v) is 9.61. The van der Waals surface area contributed by atoms with Crippen molar-refractivity contribution in [2.75, 3.05) is 0 Å². The second-order valence-corrected chi connectivity index (χ2v) is 12.3. The lowest BCUT2D eigenvalue weighted by molar-refractivity contribution is 1.07. The Morgan fingerprint density at radius 2 is 1.13 bits per heavy atom. The molecule has 0 bridgehead atoms. The Bertz CT molecular complexity index is 2640. The number of rotatable bonds is 4. The van der Waals surface area contributed by atoms with E-state index in [2.05, 4.69) is 95.6 Å². The van der Waals surface area contributed by atoms with E-state index in [0.717, 1.165) is 33.4 Å². The highest BCUT2D eigenvalue weighted by Gasteiger charge is 2.17. The average molecular weight is 606 g/mol. The fourth-order valence-electron chi connectivity index (χ4n) is 6.29. The molecule has 0 saturated carbocycles. The maximum Gasteiger partial charge on any atom is 0.164 e. The molecule has 0 atom stereocenters. The molecule has 0 spiro atoms. The van der Waals surface area contributed by atoms with E-state index in [-0.39, 0.29) is 0 Å². The van der Waals surface area contributed by atoms with Gasteiger partial charge in [0.05, 0.1) is 22.7 Å². The first-order valence-corrected chi connectivity index (χ1v) is 15.8. The number of thiophene rings is 1. The molecule has 9 aromatic rings. The van der Waals surface area contributed by atoms with Gasteiger partial charge >= 0.3 is 0 Å². The van der Waals surface area contributed by atoms with Gasteiger partial charge < -0.3 is 4.57 Å². The monoisotopic (exact) mass is 605 g/mol. The number of nitrogens with zero attached hydrogens (tertiary/aromatic N) is 5. The summed E-state index contributed by atoms with van der Waals surface area (Å²) in [5, 5.41) is 14.3. The van der Waals surface area contributed by atoms with E-state index in [0.29, 0.717) is 23.0 Å². The van der Waals surface area contributed by atoms with Gasteiger partial charge in [-0.2, -0.15) is 5.26 Å². The third-order valence-electron chi connectivity index (χ3n) is 8.47. The smallest absolute Gasteiger partial charge is 0.164 e. The van der Waals surface area contributed by atoms with E-state index in [1.54, 1.807) is 12.1 Å². The van der Waals surface area contributed by atoms with Crippen molar-refractivity contribution in [2.45, 2.75) is 0 Å². The maximum atomic E-state index is 9.32. The van der Waals surface area contributed by atoms with Gasteiger partial charge in [-0.25, -0.2) is 15.0 Å². The molecule has 0 radical (unpaired) electrons. The summed E-state index contributed by atoms with van der Waals surface area (Å²) in [6, 6.07) is 49.8. The van der Waals surface area contributed by atoms with Gasteiger partial charge in [0.25, 0.3) is 0 Å². The summed E-state index contributed by atoms with van der Waals surface area (Å²) >= 11 is 1.84. The maximum absolute atomic E-state index is 9.32. The van der Waals surface area contributed by atoms with Crippen LogP contribution in [0.1, 0.15) is 5.56 Å². The fraction of sp³-hybridized carbons (Fsp3) is 0. The van der Waals surface area contributed by atoms with Crippen LogP contribution in [0, 0.1) is 11.3 Å². The lowest BCUT2D eigenvalue weighted by Crippen LogP contribution is -2.01. The standard InChI is InChI=1S/C40H23N5S/c41-24-25-17-19-27(20-18-25)39-42-38(26-9-2-1-3-10-26)43-40(44-39)28-11-8-12-29(21-28)45-34-15-6-4-13-30(34)32-23-37-33(22-35(32)45)31-14-5-7-16-36(31)46-37/h1-23H. The molecule has 3 heterocycles. The van der Waals surface area contributed by atoms with Crippen molar-refractivity contribution in [2.24, 2.45) is 0 Å². The lowest BCUT2D eigenvalue weighted by atomic mass is 10.1. The van der Waals surface area contributed by atoms with Crippen LogP contribution in [0.3, 0.4) is 0 Å². The zero-order valence-electron chi connectivity index (χ0n) is 24.4. The van der Waals surface area contributed by atoms with Gasteiger partial charge in [0, 0.05) is 53.3 Å². The normalized spacial score (nSPS) is 11.5. The van der Waals surface area contributed by atoms with Crippen molar-refractivity contribution in [1.29, 1.82) is 5.26 Å². The molecule has 0 fully saturated rings. The largest absolute Gasteiger partial charge is 0.309 e. The number of para-hydroxylation sites is 1. The number of benzene rings is 6. The first-order valence-electron chi connectivity index (χ1n) is 15.0. The van der Waals surface area contributed by atoms with Crippen molar-refractivity contribution >= 4 is 53.3 Å². The van der Waals surface area contributed by atoms with Crippen LogP contribution >= 0.6 is 11.3 Å². The first-order chi connectivity index (χ1) is 22.7. The molecule has 0 aliphatic heterocycles. The molecule has 3 aromatic heterocycles. The molecule has 214 valence electrons. The lowest BCUT2D eigenvalue weighted by Gasteiger charge is -2.11. The predicted molar refractivity (Wildman–Crippen MR) is 188 cm³/mol. The number of hydrogen-bond acceptors (Lipinski definition) is 5. The zero-order chi connectivity index (χ0) is 30.6. The SMILES string of the molecule is N#Cc1ccc(-c2nc(-c3ccccc3)nc(-c3cccc(-n4c5ccccc5c5cc6sc7ccccc7c6cc54)c3)n2)cc1. The van der Waals surface area contributed by atoms with E-state index in [1.807, 2.05) is 53.8 Å². The molecule has 0 amide bonds. The van der Waals surface area contributed by atoms with Gasteiger partial charge in [0.1, 0.15) is 0 Å². The summed E-state index contributed by atoms with van der Waals surface area (Å²) in [6.45, 7) is 0. The Morgan fingerprint density at radius 3 is 1.91 bits per heavy atom.